The third kappa shape index (κ3) is 3.44. The zero-order valence-corrected chi connectivity index (χ0v) is 11.4. The van der Waals surface area contributed by atoms with Crippen LogP contribution in [0.4, 0.5) is 5.69 Å². The van der Waals surface area contributed by atoms with Crippen LogP contribution in [0.15, 0.2) is 36.7 Å². The van der Waals surface area contributed by atoms with Gasteiger partial charge in [-0.15, -0.1) is 0 Å². The van der Waals surface area contributed by atoms with E-state index >= 15 is 0 Å². The molecule has 1 heterocycles. The Hall–Kier alpha value is -2.63. The molecule has 0 bridgehead atoms. The summed E-state index contributed by atoms with van der Waals surface area (Å²) in [6, 6.07) is 6.85. The molecule has 2 N–H and O–H groups in total. The summed E-state index contributed by atoms with van der Waals surface area (Å²) in [4.78, 5) is 31.9. The van der Waals surface area contributed by atoms with E-state index in [2.05, 4.69) is 15.3 Å². The van der Waals surface area contributed by atoms with Gasteiger partial charge in [-0.2, -0.15) is 0 Å². The van der Waals surface area contributed by atoms with Gasteiger partial charge in [0.05, 0.1) is 6.54 Å². The summed E-state index contributed by atoms with van der Waals surface area (Å²) in [7, 11) is 1.70. The molecule has 20 heavy (non-hydrogen) atoms. The Bertz CT molecular complexity index is 607. The van der Waals surface area contributed by atoms with Crippen molar-refractivity contribution in [3.63, 3.8) is 0 Å². The van der Waals surface area contributed by atoms with Crippen LogP contribution in [0, 0.1) is 0 Å². The van der Waals surface area contributed by atoms with Crippen molar-refractivity contribution >= 4 is 17.5 Å². The summed E-state index contributed by atoms with van der Waals surface area (Å²) in [5, 5.41) is 2.66. The minimum absolute atomic E-state index is 0.131. The van der Waals surface area contributed by atoms with E-state index in [1.54, 1.807) is 48.6 Å². The number of nitrogens with zero attached hydrogens (tertiary/aromatic N) is 2. The van der Waals surface area contributed by atoms with E-state index in [9.17, 15) is 9.59 Å². The van der Waals surface area contributed by atoms with Crippen molar-refractivity contribution in [2.24, 2.45) is 0 Å². The number of carbonyl (C=O) groups is 2. The van der Waals surface area contributed by atoms with Gasteiger partial charge in [-0.25, -0.2) is 4.98 Å². The molecule has 0 fully saturated rings. The molecule has 2 aromatic rings. The van der Waals surface area contributed by atoms with Crippen molar-refractivity contribution in [2.45, 2.75) is 13.5 Å². The maximum atomic E-state index is 12.3. The Labute approximate surface area is 116 Å². The summed E-state index contributed by atoms with van der Waals surface area (Å²) in [6.45, 7) is 1.83. The summed E-state index contributed by atoms with van der Waals surface area (Å²) < 4.78 is 0. The smallest absolute Gasteiger partial charge is 0.254 e. The number of H-pyrrole nitrogens is 1. The van der Waals surface area contributed by atoms with Crippen LogP contribution in [-0.2, 0) is 11.3 Å². The number of aromatic nitrogens is 2. The van der Waals surface area contributed by atoms with Crippen LogP contribution in [0.2, 0.25) is 0 Å². The number of imidazole rings is 1. The lowest BCUT2D eigenvalue weighted by molar-refractivity contribution is -0.114. The average molecular weight is 272 g/mol. The fraction of sp³-hybridized carbons (Fsp3) is 0.214. The average Bonchev–Trinajstić information content (AvgIpc) is 2.90. The van der Waals surface area contributed by atoms with Crippen molar-refractivity contribution in [2.75, 3.05) is 12.4 Å². The van der Waals surface area contributed by atoms with Crippen LogP contribution >= 0.6 is 0 Å². The number of nitrogens with one attached hydrogen (secondary N) is 2. The van der Waals surface area contributed by atoms with Crippen LogP contribution in [0.3, 0.4) is 0 Å². The van der Waals surface area contributed by atoms with Crippen LogP contribution in [-0.4, -0.2) is 33.7 Å². The van der Waals surface area contributed by atoms with Crippen LogP contribution in [0.1, 0.15) is 23.1 Å². The fourth-order valence-corrected chi connectivity index (χ4v) is 1.83. The largest absolute Gasteiger partial charge is 0.347 e. The molecule has 0 saturated heterocycles. The standard InChI is InChI=1S/C14H16N4O2/c1-10(19)17-12-5-3-4-11(8-12)14(20)18(2)9-13-15-6-7-16-13/h3-8H,9H2,1-2H3,(H,15,16)(H,17,19). The highest BCUT2D eigenvalue weighted by atomic mass is 16.2. The molecule has 0 unspecified atom stereocenters. The third-order valence-corrected chi connectivity index (χ3v) is 2.72. The van der Waals surface area contributed by atoms with E-state index in [1.807, 2.05) is 0 Å². The number of hydrogen-bond donors (Lipinski definition) is 2. The number of carbonyl (C=O) groups excluding carboxylic acids is 2. The summed E-state index contributed by atoms with van der Waals surface area (Å²) in [5.41, 5.74) is 1.13. The van der Waals surface area contributed by atoms with Crippen LogP contribution in [0.25, 0.3) is 0 Å². The normalized spacial score (nSPS) is 10.1. The molecule has 2 rings (SSSR count). The van der Waals surface area contributed by atoms with E-state index in [-0.39, 0.29) is 11.8 Å². The molecule has 2 amide bonds. The van der Waals surface area contributed by atoms with Gasteiger partial charge < -0.3 is 15.2 Å². The molecule has 0 spiro atoms. The third-order valence-electron chi connectivity index (χ3n) is 2.72. The second kappa shape index (κ2) is 6.01. The van der Waals surface area contributed by atoms with Gasteiger partial charge in [-0.3, -0.25) is 9.59 Å². The minimum atomic E-state index is -0.168. The van der Waals surface area contributed by atoms with Crippen molar-refractivity contribution < 1.29 is 9.59 Å². The first-order valence-electron chi connectivity index (χ1n) is 6.17. The topological polar surface area (TPSA) is 78.1 Å². The van der Waals surface area contributed by atoms with Gasteiger partial charge in [-0.1, -0.05) is 6.07 Å². The molecule has 1 aromatic carbocycles. The molecular formula is C14H16N4O2. The van der Waals surface area contributed by atoms with Crippen LogP contribution in [0.5, 0.6) is 0 Å². The zero-order chi connectivity index (χ0) is 14.5. The Morgan fingerprint density at radius 2 is 2.20 bits per heavy atom. The molecule has 1 aromatic heterocycles. The molecular weight excluding hydrogens is 256 g/mol. The number of rotatable bonds is 4. The Balaban J connectivity index is 2.10. The highest BCUT2D eigenvalue weighted by Crippen LogP contribution is 2.13. The lowest BCUT2D eigenvalue weighted by Gasteiger charge is -2.16. The number of anilines is 1. The van der Waals surface area contributed by atoms with Crippen molar-refractivity contribution in [1.29, 1.82) is 0 Å². The van der Waals surface area contributed by atoms with E-state index in [1.165, 1.54) is 6.92 Å². The second-order valence-electron chi connectivity index (χ2n) is 4.46. The maximum Gasteiger partial charge on any atom is 0.254 e. The predicted octanol–water partition coefficient (Wildman–Crippen LogP) is 1.64. The number of amides is 2. The van der Waals surface area contributed by atoms with Gasteiger partial charge in [0.1, 0.15) is 5.82 Å². The lowest BCUT2D eigenvalue weighted by Crippen LogP contribution is -2.26. The zero-order valence-electron chi connectivity index (χ0n) is 11.4. The highest BCUT2D eigenvalue weighted by molar-refractivity contribution is 5.96. The van der Waals surface area contributed by atoms with Crippen LogP contribution < -0.4 is 5.32 Å². The van der Waals surface area contributed by atoms with Gasteiger partial charge in [0, 0.05) is 37.6 Å². The van der Waals surface area contributed by atoms with Crippen molar-refractivity contribution in [3.05, 3.63) is 48.0 Å². The molecule has 6 heteroatoms. The quantitative estimate of drug-likeness (QED) is 0.888. The molecule has 0 aliphatic rings. The number of benzene rings is 1. The first-order valence-corrected chi connectivity index (χ1v) is 6.17. The summed E-state index contributed by atoms with van der Waals surface area (Å²) >= 11 is 0. The number of aromatic amines is 1. The van der Waals surface area contributed by atoms with Gasteiger partial charge in [0.15, 0.2) is 0 Å². The Kier molecular flexibility index (Phi) is 4.14. The van der Waals surface area contributed by atoms with Gasteiger partial charge >= 0.3 is 0 Å². The van der Waals surface area contributed by atoms with Crippen molar-refractivity contribution in [3.8, 4) is 0 Å². The molecule has 6 nitrogen and oxygen atoms in total. The molecule has 104 valence electrons. The maximum absolute atomic E-state index is 12.3. The predicted molar refractivity (Wildman–Crippen MR) is 75.1 cm³/mol. The number of hydrogen-bond acceptors (Lipinski definition) is 3. The lowest BCUT2D eigenvalue weighted by atomic mass is 10.1. The minimum Gasteiger partial charge on any atom is -0.347 e. The van der Waals surface area contributed by atoms with Gasteiger partial charge in [0.25, 0.3) is 5.91 Å². The second-order valence-corrected chi connectivity index (χ2v) is 4.46. The first-order chi connectivity index (χ1) is 9.56. The molecule has 0 saturated carbocycles. The highest BCUT2D eigenvalue weighted by Gasteiger charge is 2.13. The summed E-state index contributed by atoms with van der Waals surface area (Å²) in [6.07, 6.45) is 3.36. The molecule has 0 aliphatic carbocycles. The summed E-state index contributed by atoms with van der Waals surface area (Å²) in [5.74, 6) is 0.422. The fourth-order valence-electron chi connectivity index (χ4n) is 1.83. The van der Waals surface area contributed by atoms with E-state index in [0.29, 0.717) is 17.8 Å². The Morgan fingerprint density at radius 3 is 2.85 bits per heavy atom. The Morgan fingerprint density at radius 1 is 1.40 bits per heavy atom. The van der Waals surface area contributed by atoms with Crippen molar-refractivity contribution in [1.82, 2.24) is 14.9 Å². The van der Waals surface area contributed by atoms with Gasteiger partial charge in [-0.05, 0) is 18.2 Å². The van der Waals surface area contributed by atoms with Gasteiger partial charge in [0.2, 0.25) is 5.91 Å². The van der Waals surface area contributed by atoms with E-state index in [4.69, 9.17) is 0 Å². The first kappa shape index (κ1) is 13.8. The SMILES string of the molecule is CC(=O)Nc1cccc(C(=O)N(C)Cc2ncc[nH]2)c1. The van der Waals surface area contributed by atoms with E-state index < -0.39 is 0 Å². The molecule has 0 radical (unpaired) electrons. The molecule has 0 aliphatic heterocycles. The molecule has 0 atom stereocenters. The monoisotopic (exact) mass is 272 g/mol. The van der Waals surface area contributed by atoms with E-state index in [0.717, 1.165) is 5.82 Å².